The number of halogens is 2. The molecule has 3 aromatic rings. The minimum Gasteiger partial charge on any atom is -0.492 e. The van der Waals surface area contributed by atoms with E-state index in [-0.39, 0.29) is 41.3 Å². The maximum atomic E-state index is 15.6. The second-order valence-electron chi connectivity index (χ2n) is 10.0. The summed E-state index contributed by atoms with van der Waals surface area (Å²) in [6.45, 7) is 2.41. The summed E-state index contributed by atoms with van der Waals surface area (Å²) in [6.07, 6.45) is 0.213. The average Bonchev–Trinajstić information content (AvgIpc) is 3.07. The van der Waals surface area contributed by atoms with Crippen molar-refractivity contribution in [3.05, 3.63) is 95.6 Å². The molecule has 8 nitrogen and oxygen atoms in total. The molecule has 0 atom stereocenters. The van der Waals surface area contributed by atoms with Crippen molar-refractivity contribution in [1.29, 1.82) is 0 Å². The van der Waals surface area contributed by atoms with E-state index in [4.69, 9.17) is 4.74 Å². The van der Waals surface area contributed by atoms with Crippen molar-refractivity contribution in [2.24, 2.45) is 0 Å². The molecule has 3 amide bonds. The molecule has 3 aromatic carbocycles. The molecule has 0 aliphatic carbocycles. The van der Waals surface area contributed by atoms with Gasteiger partial charge in [-0.25, -0.2) is 8.78 Å². The number of fused-ring (bicyclic) bond motifs is 1. The predicted octanol–water partition coefficient (Wildman–Crippen LogP) is 5.08. The van der Waals surface area contributed by atoms with Gasteiger partial charge in [0.15, 0.2) is 0 Å². The Bertz CT molecular complexity index is 1470. The molecule has 0 unspecified atom stereocenters. The molecule has 2 N–H and O–H groups in total. The summed E-state index contributed by atoms with van der Waals surface area (Å²) in [5.41, 5.74) is 0.604. The van der Waals surface area contributed by atoms with Gasteiger partial charge in [-0.2, -0.15) is 0 Å². The second kappa shape index (κ2) is 13.4. The summed E-state index contributed by atoms with van der Waals surface area (Å²) in [7, 11) is 3.68. The molecule has 0 radical (unpaired) electrons. The number of alkyl halides is 2. The Hall–Kier alpha value is -4.57. The number of hydrogen-bond donors (Lipinski definition) is 2. The summed E-state index contributed by atoms with van der Waals surface area (Å²) in [6, 6.07) is 19.7. The minimum absolute atomic E-state index is 0.0583. The van der Waals surface area contributed by atoms with Gasteiger partial charge in [-0.3, -0.25) is 14.4 Å². The van der Waals surface area contributed by atoms with Crippen LogP contribution in [0.3, 0.4) is 0 Å². The summed E-state index contributed by atoms with van der Waals surface area (Å²) in [4.78, 5) is 43.0. The molecule has 1 aliphatic heterocycles. The third-order valence-electron chi connectivity index (χ3n) is 6.72. The fourth-order valence-electron chi connectivity index (χ4n) is 4.67. The van der Waals surface area contributed by atoms with E-state index in [0.717, 1.165) is 6.08 Å². The molecule has 0 spiro atoms. The van der Waals surface area contributed by atoms with E-state index in [1.54, 1.807) is 61.5 Å². The second-order valence-corrected chi connectivity index (χ2v) is 10.0. The van der Waals surface area contributed by atoms with Crippen molar-refractivity contribution in [1.82, 2.24) is 10.2 Å². The quantitative estimate of drug-likeness (QED) is 0.347. The van der Waals surface area contributed by atoms with Crippen molar-refractivity contribution in [2.45, 2.75) is 19.3 Å². The van der Waals surface area contributed by atoms with E-state index >= 15 is 8.78 Å². The summed E-state index contributed by atoms with van der Waals surface area (Å²) in [5, 5.41) is 5.43. The fourth-order valence-corrected chi connectivity index (χ4v) is 4.67. The van der Waals surface area contributed by atoms with E-state index in [1.807, 2.05) is 25.1 Å². The van der Waals surface area contributed by atoms with Crippen LogP contribution in [-0.4, -0.2) is 68.9 Å². The Morgan fingerprint density at radius 1 is 0.976 bits per heavy atom. The van der Waals surface area contributed by atoms with E-state index in [0.29, 0.717) is 18.8 Å². The number of hydrogen-bond acceptors (Lipinski definition) is 5. The van der Waals surface area contributed by atoms with Gasteiger partial charge < -0.3 is 25.2 Å². The third-order valence-corrected chi connectivity index (χ3v) is 6.72. The van der Waals surface area contributed by atoms with Gasteiger partial charge in [0.2, 0.25) is 5.91 Å². The lowest BCUT2D eigenvalue weighted by molar-refractivity contribution is -0.116. The number of para-hydroxylation sites is 3. The summed E-state index contributed by atoms with van der Waals surface area (Å²) < 4.78 is 36.9. The van der Waals surface area contributed by atoms with Crippen LogP contribution in [0.15, 0.2) is 78.9 Å². The number of benzene rings is 3. The lowest BCUT2D eigenvalue weighted by Gasteiger charge is -2.24. The Balaban J connectivity index is 1.72. The molecule has 0 saturated heterocycles. The van der Waals surface area contributed by atoms with Gasteiger partial charge in [-0.1, -0.05) is 42.5 Å². The molecule has 42 heavy (non-hydrogen) atoms. The normalized spacial score (nSPS) is 15.1. The highest BCUT2D eigenvalue weighted by atomic mass is 19.3. The number of carbonyl (C=O) groups excluding carboxylic acids is 3. The van der Waals surface area contributed by atoms with E-state index < -0.39 is 35.6 Å². The highest BCUT2D eigenvalue weighted by molar-refractivity contribution is 6.14. The molecule has 220 valence electrons. The maximum Gasteiger partial charge on any atom is 0.275 e. The smallest absolute Gasteiger partial charge is 0.275 e. The van der Waals surface area contributed by atoms with Crippen molar-refractivity contribution in [3.8, 4) is 5.75 Å². The third kappa shape index (κ3) is 7.01. The Labute approximate surface area is 244 Å². The predicted molar refractivity (Wildman–Crippen MR) is 159 cm³/mol. The van der Waals surface area contributed by atoms with Crippen molar-refractivity contribution >= 4 is 34.7 Å². The number of allylic oxidation sites excluding steroid dienone is 1. The number of ether oxygens (including phenoxy) is 1. The number of rotatable bonds is 9. The first-order chi connectivity index (χ1) is 20.1. The molecule has 0 aromatic heterocycles. The molecule has 0 bridgehead atoms. The Morgan fingerprint density at radius 3 is 2.38 bits per heavy atom. The lowest BCUT2D eigenvalue weighted by Crippen LogP contribution is -2.34. The number of likely N-dealkylation sites (N-methyl/N-ethyl adjacent to an activating group) is 1. The van der Waals surface area contributed by atoms with Gasteiger partial charge in [0.25, 0.3) is 17.7 Å². The summed E-state index contributed by atoms with van der Waals surface area (Å²) >= 11 is 0. The molecule has 4 rings (SSSR count). The van der Waals surface area contributed by atoms with E-state index in [2.05, 4.69) is 10.6 Å². The van der Waals surface area contributed by atoms with Gasteiger partial charge in [-0.15, -0.1) is 0 Å². The molecule has 1 aliphatic rings. The first-order valence-corrected chi connectivity index (χ1v) is 13.7. The zero-order valence-corrected chi connectivity index (χ0v) is 23.8. The first-order valence-electron chi connectivity index (χ1n) is 13.7. The van der Waals surface area contributed by atoms with Crippen LogP contribution < -0.4 is 20.3 Å². The topological polar surface area (TPSA) is 91.0 Å². The number of anilines is 2. The molecule has 1 heterocycles. The van der Waals surface area contributed by atoms with Gasteiger partial charge in [0.05, 0.1) is 23.4 Å². The van der Waals surface area contributed by atoms with Crippen molar-refractivity contribution in [2.75, 3.05) is 50.6 Å². The van der Waals surface area contributed by atoms with Crippen LogP contribution in [0, 0.1) is 0 Å². The number of amides is 3. The zero-order chi connectivity index (χ0) is 30.3. The highest BCUT2D eigenvalue weighted by Gasteiger charge is 2.42. The average molecular weight is 577 g/mol. The monoisotopic (exact) mass is 576 g/mol. The molecule has 0 saturated carbocycles. The van der Waals surface area contributed by atoms with Crippen LogP contribution in [0.4, 0.5) is 20.2 Å². The summed E-state index contributed by atoms with van der Waals surface area (Å²) in [5.74, 6) is -5.05. The first kappa shape index (κ1) is 30.4. The van der Waals surface area contributed by atoms with Gasteiger partial charge >= 0.3 is 0 Å². The Morgan fingerprint density at radius 2 is 1.67 bits per heavy atom. The van der Waals surface area contributed by atoms with Crippen LogP contribution in [0.5, 0.6) is 5.75 Å². The standard InChI is InChI=1S/C32H34F2N4O4/c1-4-42-29-24(30(40)36-22-11-6-5-7-12-22)14-10-15-25(29)31(41)38-19-17-32(33,34)26(23-13-8-9-16-27(23)38)21-28(39)35-18-20-37(2)3/h5-16,21H,4,17-20H2,1-3H3,(H,35,39)(H,36,40). The minimum atomic E-state index is -3.38. The number of nitrogens with zero attached hydrogens (tertiary/aromatic N) is 2. The van der Waals surface area contributed by atoms with Crippen molar-refractivity contribution < 1.29 is 27.9 Å². The van der Waals surface area contributed by atoms with Gasteiger partial charge in [0.1, 0.15) is 5.75 Å². The number of nitrogens with one attached hydrogen (secondary N) is 2. The maximum absolute atomic E-state index is 15.6. The zero-order valence-electron chi connectivity index (χ0n) is 23.8. The molecule has 0 fully saturated rings. The fraction of sp³-hybridized carbons (Fsp3) is 0.281. The van der Waals surface area contributed by atoms with Crippen LogP contribution in [0.1, 0.15) is 39.6 Å². The molecular weight excluding hydrogens is 542 g/mol. The number of carbonyl (C=O) groups is 3. The molecular formula is C32H34F2N4O4. The van der Waals surface area contributed by atoms with Crippen LogP contribution >= 0.6 is 0 Å². The van der Waals surface area contributed by atoms with Gasteiger partial charge in [-0.05, 0) is 51.4 Å². The molecule has 10 heteroatoms. The lowest BCUT2D eigenvalue weighted by atomic mass is 9.97. The van der Waals surface area contributed by atoms with E-state index in [1.165, 1.54) is 17.0 Å². The van der Waals surface area contributed by atoms with Crippen LogP contribution in [0.25, 0.3) is 5.57 Å². The van der Waals surface area contributed by atoms with Gasteiger partial charge in [0, 0.05) is 49.0 Å². The van der Waals surface area contributed by atoms with Crippen LogP contribution in [0.2, 0.25) is 0 Å². The van der Waals surface area contributed by atoms with Crippen LogP contribution in [-0.2, 0) is 4.79 Å². The SMILES string of the molecule is CCOc1c(C(=O)Nc2ccccc2)cccc1C(=O)N1CCC(F)(F)C(=CC(=O)NCCN(C)C)c2ccccc21. The Kier molecular flexibility index (Phi) is 9.69. The van der Waals surface area contributed by atoms with Crippen molar-refractivity contribution in [3.63, 3.8) is 0 Å². The highest BCUT2D eigenvalue weighted by Crippen LogP contribution is 2.43. The van der Waals surface area contributed by atoms with E-state index in [9.17, 15) is 14.4 Å². The largest absolute Gasteiger partial charge is 0.492 e.